The summed E-state index contributed by atoms with van der Waals surface area (Å²) in [5.41, 5.74) is 0.343. The van der Waals surface area contributed by atoms with E-state index in [9.17, 15) is 22.9 Å². The summed E-state index contributed by atoms with van der Waals surface area (Å²) in [6, 6.07) is 13.3. The summed E-state index contributed by atoms with van der Waals surface area (Å²) in [4.78, 5) is 14.6. The van der Waals surface area contributed by atoms with Gasteiger partial charge in [0.1, 0.15) is 5.82 Å². The first-order chi connectivity index (χ1) is 14.2. The molecule has 0 atom stereocenters. The minimum absolute atomic E-state index is 0.0183. The molecule has 0 amide bonds. The Morgan fingerprint density at radius 3 is 2.53 bits per heavy atom. The molecule has 30 heavy (non-hydrogen) atoms. The minimum Gasteiger partial charge on any atom is -0.260 e. The van der Waals surface area contributed by atoms with Crippen molar-refractivity contribution >= 4 is 31.6 Å². The van der Waals surface area contributed by atoms with E-state index in [1.165, 1.54) is 43.5 Å². The molecule has 1 heterocycles. The molecule has 0 bridgehead atoms. The Morgan fingerprint density at radius 2 is 1.90 bits per heavy atom. The molecular formula is C20H17BrFN3O4S. The number of hydrogen-bond donors (Lipinski definition) is 0. The van der Waals surface area contributed by atoms with Crippen LogP contribution in [0.2, 0.25) is 0 Å². The predicted octanol–water partition coefficient (Wildman–Crippen LogP) is 4.59. The van der Waals surface area contributed by atoms with Gasteiger partial charge in [-0.3, -0.25) is 15.1 Å². The second-order valence-electron chi connectivity index (χ2n) is 6.49. The van der Waals surface area contributed by atoms with Crippen LogP contribution in [-0.4, -0.2) is 22.6 Å². The molecule has 156 valence electrons. The fraction of sp³-hybridized carbons (Fsp3) is 0.150. The van der Waals surface area contributed by atoms with E-state index in [1.807, 2.05) is 0 Å². The number of halogens is 2. The van der Waals surface area contributed by atoms with E-state index in [0.717, 1.165) is 4.31 Å². The number of nitrogens with zero attached hydrogens (tertiary/aromatic N) is 3. The molecule has 0 N–H and O–H groups in total. The van der Waals surface area contributed by atoms with Gasteiger partial charge < -0.3 is 0 Å². The standard InChI is InChI=1S/C20H17BrFN3O4S/c1-14-19(25(26)27)6-4-7-20(14)30(28,29)24(13-17-5-2-3-10-23-17)12-15-8-9-16(21)11-18(15)22/h2-11H,12-13H2,1H3. The van der Waals surface area contributed by atoms with Crippen LogP contribution in [0.3, 0.4) is 0 Å². The Labute approximate surface area is 181 Å². The van der Waals surface area contributed by atoms with Gasteiger partial charge in [0.05, 0.1) is 22.1 Å². The predicted molar refractivity (Wildman–Crippen MR) is 113 cm³/mol. The highest BCUT2D eigenvalue weighted by Gasteiger charge is 2.30. The third kappa shape index (κ3) is 4.72. The van der Waals surface area contributed by atoms with E-state index in [0.29, 0.717) is 10.2 Å². The molecule has 0 fully saturated rings. The van der Waals surface area contributed by atoms with Gasteiger partial charge in [0, 0.05) is 34.4 Å². The number of benzene rings is 2. The van der Waals surface area contributed by atoms with E-state index in [1.54, 1.807) is 24.3 Å². The first-order valence-electron chi connectivity index (χ1n) is 8.78. The molecule has 0 radical (unpaired) electrons. The van der Waals surface area contributed by atoms with Gasteiger partial charge in [-0.2, -0.15) is 4.31 Å². The summed E-state index contributed by atoms with van der Waals surface area (Å²) in [5, 5.41) is 11.3. The second-order valence-corrected chi connectivity index (χ2v) is 9.31. The number of pyridine rings is 1. The molecule has 0 spiro atoms. The van der Waals surface area contributed by atoms with E-state index in [-0.39, 0.29) is 34.8 Å². The summed E-state index contributed by atoms with van der Waals surface area (Å²) in [6.45, 7) is 0.991. The smallest absolute Gasteiger partial charge is 0.260 e. The molecule has 2 aromatic carbocycles. The largest absolute Gasteiger partial charge is 0.273 e. The molecule has 0 aliphatic carbocycles. The van der Waals surface area contributed by atoms with E-state index in [2.05, 4.69) is 20.9 Å². The van der Waals surface area contributed by atoms with Crippen LogP contribution in [-0.2, 0) is 23.1 Å². The molecule has 1 aromatic heterocycles. The van der Waals surface area contributed by atoms with E-state index >= 15 is 0 Å². The molecule has 10 heteroatoms. The van der Waals surface area contributed by atoms with Gasteiger partial charge in [0.25, 0.3) is 5.69 Å². The fourth-order valence-corrected chi connectivity index (χ4v) is 4.92. The maximum Gasteiger partial charge on any atom is 0.273 e. The zero-order valence-electron chi connectivity index (χ0n) is 15.8. The first-order valence-corrected chi connectivity index (χ1v) is 11.0. The van der Waals surface area contributed by atoms with Crippen molar-refractivity contribution < 1.29 is 17.7 Å². The zero-order valence-corrected chi connectivity index (χ0v) is 18.2. The van der Waals surface area contributed by atoms with Crippen molar-refractivity contribution in [1.82, 2.24) is 9.29 Å². The Balaban J connectivity index is 2.08. The van der Waals surface area contributed by atoms with Gasteiger partial charge in [0.2, 0.25) is 10.0 Å². The summed E-state index contributed by atoms with van der Waals surface area (Å²) in [7, 11) is -4.20. The lowest BCUT2D eigenvalue weighted by Crippen LogP contribution is -2.31. The molecule has 0 aliphatic rings. The van der Waals surface area contributed by atoms with Crippen molar-refractivity contribution in [3.8, 4) is 0 Å². The van der Waals surface area contributed by atoms with Crippen LogP contribution >= 0.6 is 15.9 Å². The van der Waals surface area contributed by atoms with Gasteiger partial charge in [0.15, 0.2) is 0 Å². The summed E-state index contributed by atoms with van der Waals surface area (Å²) in [6.07, 6.45) is 1.53. The number of sulfonamides is 1. The van der Waals surface area contributed by atoms with Gasteiger partial charge in [-0.05, 0) is 37.3 Å². The van der Waals surface area contributed by atoms with Crippen LogP contribution in [0.25, 0.3) is 0 Å². The molecule has 3 aromatic rings. The maximum atomic E-state index is 14.4. The zero-order chi connectivity index (χ0) is 21.9. The van der Waals surface area contributed by atoms with Crippen molar-refractivity contribution in [2.45, 2.75) is 24.9 Å². The fourth-order valence-electron chi connectivity index (χ4n) is 2.96. The van der Waals surface area contributed by atoms with Crippen LogP contribution < -0.4 is 0 Å². The number of hydrogen-bond acceptors (Lipinski definition) is 5. The molecule has 0 aliphatic heterocycles. The number of aromatic nitrogens is 1. The molecule has 7 nitrogen and oxygen atoms in total. The van der Waals surface area contributed by atoms with Gasteiger partial charge in [-0.25, -0.2) is 12.8 Å². The van der Waals surface area contributed by atoms with E-state index in [4.69, 9.17) is 0 Å². The van der Waals surface area contributed by atoms with Crippen molar-refractivity contribution in [2.24, 2.45) is 0 Å². The third-order valence-electron chi connectivity index (χ3n) is 4.50. The second kappa shape index (κ2) is 8.99. The highest BCUT2D eigenvalue weighted by Crippen LogP contribution is 2.29. The van der Waals surface area contributed by atoms with E-state index < -0.39 is 20.8 Å². The summed E-state index contributed by atoms with van der Waals surface area (Å²) < 4.78 is 42.9. The van der Waals surface area contributed by atoms with Crippen molar-refractivity contribution in [1.29, 1.82) is 0 Å². The number of rotatable bonds is 7. The van der Waals surface area contributed by atoms with Crippen molar-refractivity contribution in [2.75, 3.05) is 0 Å². The number of nitro benzene ring substituents is 1. The van der Waals surface area contributed by atoms with Crippen LogP contribution in [0.15, 0.2) is 70.2 Å². The quantitative estimate of drug-likeness (QED) is 0.354. The lowest BCUT2D eigenvalue weighted by molar-refractivity contribution is -0.385. The monoisotopic (exact) mass is 493 g/mol. The van der Waals surface area contributed by atoms with Crippen LogP contribution in [0.4, 0.5) is 10.1 Å². The average molecular weight is 494 g/mol. The Bertz CT molecular complexity index is 1190. The molecule has 0 saturated carbocycles. The molecule has 0 unspecified atom stereocenters. The number of nitro groups is 1. The lowest BCUT2D eigenvalue weighted by atomic mass is 10.2. The van der Waals surface area contributed by atoms with Gasteiger partial charge >= 0.3 is 0 Å². The molecule has 0 saturated heterocycles. The SMILES string of the molecule is Cc1c([N+](=O)[O-])cccc1S(=O)(=O)N(Cc1ccccn1)Cc1ccc(Br)cc1F. The maximum absolute atomic E-state index is 14.4. The van der Waals surface area contributed by atoms with Crippen molar-refractivity contribution in [3.63, 3.8) is 0 Å². The summed E-state index contributed by atoms with van der Waals surface area (Å²) >= 11 is 3.18. The normalized spacial score (nSPS) is 11.6. The highest BCUT2D eigenvalue weighted by molar-refractivity contribution is 9.10. The first kappa shape index (κ1) is 22.0. The topological polar surface area (TPSA) is 93.4 Å². The third-order valence-corrected chi connectivity index (χ3v) is 6.93. The van der Waals surface area contributed by atoms with Crippen LogP contribution in [0, 0.1) is 22.9 Å². The molecule has 3 rings (SSSR count). The Hall–Kier alpha value is -2.69. The Morgan fingerprint density at radius 1 is 1.13 bits per heavy atom. The lowest BCUT2D eigenvalue weighted by Gasteiger charge is -2.23. The molecular weight excluding hydrogens is 477 g/mol. The van der Waals surface area contributed by atoms with Crippen LogP contribution in [0.5, 0.6) is 0 Å². The highest BCUT2D eigenvalue weighted by atomic mass is 79.9. The average Bonchev–Trinajstić information content (AvgIpc) is 2.70. The van der Waals surface area contributed by atoms with Crippen molar-refractivity contribution in [3.05, 3.63) is 98.0 Å². The van der Waals surface area contributed by atoms with Gasteiger partial charge in [-0.15, -0.1) is 0 Å². The minimum atomic E-state index is -4.20. The Kier molecular flexibility index (Phi) is 6.59. The summed E-state index contributed by atoms with van der Waals surface area (Å²) in [5.74, 6) is -0.568. The van der Waals surface area contributed by atoms with Gasteiger partial charge in [-0.1, -0.05) is 34.1 Å². The van der Waals surface area contributed by atoms with Crippen LogP contribution in [0.1, 0.15) is 16.8 Å².